The topological polar surface area (TPSA) is 96.4 Å². The molecule has 9 heteroatoms. The molecule has 1 fully saturated rings. The molecule has 150 valence electrons. The van der Waals surface area contributed by atoms with Crippen LogP contribution < -0.4 is 0 Å². The molecule has 3 rings (SSSR count). The van der Waals surface area contributed by atoms with E-state index in [0.717, 1.165) is 5.56 Å². The minimum absolute atomic E-state index is 0.0323. The van der Waals surface area contributed by atoms with Gasteiger partial charge in [-0.3, -0.25) is 9.78 Å². The summed E-state index contributed by atoms with van der Waals surface area (Å²) in [5.41, 5.74) is 0.638. The van der Waals surface area contributed by atoms with Gasteiger partial charge in [0, 0.05) is 49.6 Å². The van der Waals surface area contributed by atoms with E-state index in [1.165, 1.54) is 10.5 Å². The minimum Gasteiger partial charge on any atom is -0.340 e. The van der Waals surface area contributed by atoms with E-state index in [1.54, 1.807) is 30.3 Å². The van der Waals surface area contributed by atoms with Crippen LogP contribution in [0.1, 0.15) is 26.5 Å². The van der Waals surface area contributed by atoms with E-state index >= 15 is 0 Å². The van der Waals surface area contributed by atoms with E-state index in [9.17, 15) is 13.2 Å². The number of sulfonamides is 1. The van der Waals surface area contributed by atoms with Crippen LogP contribution in [0.15, 0.2) is 35.6 Å². The van der Waals surface area contributed by atoms with Gasteiger partial charge in [0.2, 0.25) is 15.9 Å². The fraction of sp³-hybridized carbons (Fsp3) is 0.474. The number of rotatable bonds is 3. The molecule has 2 aromatic rings. The molecule has 0 spiro atoms. The van der Waals surface area contributed by atoms with Crippen LogP contribution >= 0.6 is 0 Å². The summed E-state index contributed by atoms with van der Waals surface area (Å²) >= 11 is 0. The molecule has 0 radical (unpaired) electrons. The lowest BCUT2D eigenvalue weighted by Gasteiger charge is -2.37. The van der Waals surface area contributed by atoms with Crippen LogP contribution in [0.3, 0.4) is 0 Å². The molecule has 8 nitrogen and oxygen atoms in total. The van der Waals surface area contributed by atoms with Crippen molar-refractivity contribution in [3.05, 3.63) is 36.4 Å². The zero-order valence-electron chi connectivity index (χ0n) is 16.6. The Morgan fingerprint density at radius 2 is 1.79 bits per heavy atom. The van der Waals surface area contributed by atoms with E-state index in [4.69, 9.17) is 0 Å². The first-order valence-electron chi connectivity index (χ1n) is 9.14. The standard InChI is InChI=1S/C19H25N5O3S/c1-14-16(13-21-17(22-14)15-6-5-7-20-12-15)28(26,27)24-10-8-23(9-11-24)18(25)19(2,3)4/h5-7,12-13H,8-11H2,1-4H3. The SMILES string of the molecule is Cc1nc(-c2cccnc2)ncc1S(=O)(=O)N1CCN(C(=O)C(C)(C)C)CC1. The number of nitrogens with zero attached hydrogens (tertiary/aromatic N) is 5. The summed E-state index contributed by atoms with van der Waals surface area (Å²) in [6.07, 6.45) is 4.64. The lowest BCUT2D eigenvalue weighted by atomic mass is 9.94. The van der Waals surface area contributed by atoms with Crippen LogP contribution in [0, 0.1) is 12.3 Å². The van der Waals surface area contributed by atoms with Gasteiger partial charge in [-0.15, -0.1) is 0 Å². The largest absolute Gasteiger partial charge is 0.340 e. The Balaban J connectivity index is 1.78. The van der Waals surface area contributed by atoms with Gasteiger partial charge in [-0.2, -0.15) is 4.31 Å². The second-order valence-electron chi connectivity index (χ2n) is 7.83. The van der Waals surface area contributed by atoms with Crippen molar-refractivity contribution in [1.82, 2.24) is 24.2 Å². The molecule has 1 amide bonds. The summed E-state index contributed by atoms with van der Waals surface area (Å²) in [4.78, 5) is 26.8. The predicted molar refractivity (Wildman–Crippen MR) is 105 cm³/mol. The summed E-state index contributed by atoms with van der Waals surface area (Å²) < 4.78 is 27.5. The number of pyridine rings is 1. The molecular formula is C19H25N5O3S. The zero-order valence-corrected chi connectivity index (χ0v) is 17.4. The second kappa shape index (κ2) is 7.56. The highest BCUT2D eigenvalue weighted by atomic mass is 32.2. The molecule has 0 aromatic carbocycles. The monoisotopic (exact) mass is 403 g/mol. The van der Waals surface area contributed by atoms with Crippen molar-refractivity contribution < 1.29 is 13.2 Å². The molecule has 1 aliphatic rings. The molecular weight excluding hydrogens is 378 g/mol. The minimum atomic E-state index is -3.72. The Kier molecular flexibility index (Phi) is 5.49. The van der Waals surface area contributed by atoms with Crippen LogP contribution in [0.4, 0.5) is 0 Å². The van der Waals surface area contributed by atoms with E-state index in [2.05, 4.69) is 15.0 Å². The molecule has 0 saturated carbocycles. The lowest BCUT2D eigenvalue weighted by Crippen LogP contribution is -2.53. The van der Waals surface area contributed by atoms with Gasteiger partial charge in [-0.25, -0.2) is 18.4 Å². The Morgan fingerprint density at radius 1 is 1.11 bits per heavy atom. The smallest absolute Gasteiger partial charge is 0.246 e. The van der Waals surface area contributed by atoms with Crippen molar-refractivity contribution in [2.75, 3.05) is 26.2 Å². The van der Waals surface area contributed by atoms with Crippen molar-refractivity contribution in [2.24, 2.45) is 5.41 Å². The van der Waals surface area contributed by atoms with Crippen molar-refractivity contribution in [2.45, 2.75) is 32.6 Å². The van der Waals surface area contributed by atoms with Gasteiger partial charge in [0.1, 0.15) is 4.90 Å². The average Bonchev–Trinajstić information content (AvgIpc) is 2.67. The van der Waals surface area contributed by atoms with Crippen molar-refractivity contribution >= 4 is 15.9 Å². The Labute approximate surface area is 165 Å². The van der Waals surface area contributed by atoms with Gasteiger partial charge in [-0.1, -0.05) is 20.8 Å². The third-order valence-corrected chi connectivity index (χ3v) is 6.64. The van der Waals surface area contributed by atoms with Crippen LogP contribution in [0.2, 0.25) is 0 Å². The first kappa shape index (κ1) is 20.3. The lowest BCUT2D eigenvalue weighted by molar-refractivity contribution is -0.140. The maximum absolute atomic E-state index is 13.1. The maximum atomic E-state index is 13.1. The summed E-state index contributed by atoms with van der Waals surface area (Å²) in [6.45, 7) is 8.52. The number of amides is 1. The van der Waals surface area contributed by atoms with Crippen LogP contribution in [0.25, 0.3) is 11.4 Å². The molecule has 0 N–H and O–H groups in total. The first-order chi connectivity index (χ1) is 13.1. The van der Waals surface area contributed by atoms with Gasteiger partial charge in [0.25, 0.3) is 0 Å². The van der Waals surface area contributed by atoms with Gasteiger partial charge in [0.05, 0.1) is 11.9 Å². The normalized spacial score (nSPS) is 16.2. The maximum Gasteiger partial charge on any atom is 0.246 e. The van der Waals surface area contributed by atoms with Crippen molar-refractivity contribution in [3.63, 3.8) is 0 Å². The fourth-order valence-electron chi connectivity index (χ4n) is 3.09. The van der Waals surface area contributed by atoms with Crippen molar-refractivity contribution in [1.29, 1.82) is 0 Å². The number of aryl methyl sites for hydroxylation is 1. The molecule has 28 heavy (non-hydrogen) atoms. The molecule has 1 aliphatic heterocycles. The molecule has 0 unspecified atom stereocenters. The molecule has 3 heterocycles. The number of piperazine rings is 1. The number of carbonyl (C=O) groups is 1. The highest BCUT2D eigenvalue weighted by molar-refractivity contribution is 7.89. The second-order valence-corrected chi connectivity index (χ2v) is 9.74. The van der Waals surface area contributed by atoms with Gasteiger partial charge in [-0.05, 0) is 19.1 Å². The summed E-state index contributed by atoms with van der Waals surface area (Å²) in [5.74, 6) is 0.468. The first-order valence-corrected chi connectivity index (χ1v) is 10.6. The number of aromatic nitrogens is 3. The highest BCUT2D eigenvalue weighted by Crippen LogP contribution is 2.24. The van der Waals surface area contributed by atoms with Gasteiger partial charge in [0.15, 0.2) is 5.82 Å². The molecule has 0 aliphatic carbocycles. The zero-order chi connectivity index (χ0) is 20.5. The number of carbonyl (C=O) groups excluding carboxylic acids is 1. The number of hydrogen-bond acceptors (Lipinski definition) is 6. The third-order valence-electron chi connectivity index (χ3n) is 4.64. The summed E-state index contributed by atoms with van der Waals surface area (Å²) in [7, 11) is -3.72. The Morgan fingerprint density at radius 3 is 2.32 bits per heavy atom. The number of hydrogen-bond donors (Lipinski definition) is 0. The van der Waals surface area contributed by atoms with Crippen molar-refractivity contribution in [3.8, 4) is 11.4 Å². The quantitative estimate of drug-likeness (QED) is 0.774. The van der Waals surface area contributed by atoms with E-state index in [0.29, 0.717) is 24.6 Å². The van der Waals surface area contributed by atoms with Crippen LogP contribution in [-0.4, -0.2) is 64.7 Å². The predicted octanol–water partition coefficient (Wildman–Crippen LogP) is 1.73. The average molecular weight is 404 g/mol. The summed E-state index contributed by atoms with van der Waals surface area (Å²) in [5, 5.41) is 0. The third kappa shape index (κ3) is 4.05. The summed E-state index contributed by atoms with van der Waals surface area (Å²) in [6, 6.07) is 3.60. The highest BCUT2D eigenvalue weighted by Gasteiger charge is 2.34. The van der Waals surface area contributed by atoms with E-state index < -0.39 is 15.4 Å². The van der Waals surface area contributed by atoms with Crippen LogP contribution in [-0.2, 0) is 14.8 Å². The molecule has 0 atom stereocenters. The van der Waals surface area contributed by atoms with Gasteiger partial charge < -0.3 is 4.90 Å². The van der Waals surface area contributed by atoms with Crippen LogP contribution in [0.5, 0.6) is 0 Å². The Hall–Kier alpha value is -2.39. The fourth-order valence-corrected chi connectivity index (χ4v) is 4.62. The Bertz CT molecular complexity index is 963. The van der Waals surface area contributed by atoms with E-state index in [1.807, 2.05) is 26.8 Å². The van der Waals surface area contributed by atoms with Gasteiger partial charge >= 0.3 is 0 Å². The molecule has 0 bridgehead atoms. The molecule has 2 aromatic heterocycles. The molecule has 1 saturated heterocycles. The van der Waals surface area contributed by atoms with E-state index in [-0.39, 0.29) is 23.9 Å².